The van der Waals surface area contributed by atoms with Gasteiger partial charge in [0.2, 0.25) is 21.7 Å². The van der Waals surface area contributed by atoms with Crippen molar-refractivity contribution < 1.29 is 17.9 Å². The van der Waals surface area contributed by atoms with Gasteiger partial charge >= 0.3 is 0 Å². The van der Waals surface area contributed by atoms with E-state index in [1.807, 2.05) is 37.3 Å². The molecule has 31 heavy (non-hydrogen) atoms. The normalized spacial score (nSPS) is 16.8. The lowest BCUT2D eigenvalue weighted by Gasteiger charge is -2.36. The number of piperazine rings is 1. The lowest BCUT2D eigenvalue weighted by atomic mass is 10.2. The van der Waals surface area contributed by atoms with Gasteiger partial charge in [-0.05, 0) is 13.0 Å². The van der Waals surface area contributed by atoms with Crippen LogP contribution in [0.2, 0.25) is 0 Å². The maximum absolute atomic E-state index is 12.9. The van der Waals surface area contributed by atoms with E-state index in [1.54, 1.807) is 0 Å². The Hall–Kier alpha value is -3.15. The van der Waals surface area contributed by atoms with Gasteiger partial charge in [-0.3, -0.25) is 15.0 Å². The second kappa shape index (κ2) is 8.53. The van der Waals surface area contributed by atoms with Gasteiger partial charge in [-0.2, -0.15) is 9.29 Å². The van der Waals surface area contributed by atoms with E-state index in [9.17, 15) is 18.5 Å². The van der Waals surface area contributed by atoms with Gasteiger partial charge in [0.1, 0.15) is 0 Å². The zero-order chi connectivity index (χ0) is 22.0. The first-order valence-corrected chi connectivity index (χ1v) is 11.2. The quantitative estimate of drug-likeness (QED) is 0.421. The summed E-state index contributed by atoms with van der Waals surface area (Å²) in [5, 5.41) is 15.0. The lowest BCUT2D eigenvalue weighted by Crippen LogP contribution is -2.49. The Labute approximate surface area is 179 Å². The molecule has 1 saturated heterocycles. The molecule has 1 fully saturated rings. The predicted octanol–water partition coefficient (Wildman–Crippen LogP) is 2.71. The van der Waals surface area contributed by atoms with Crippen LogP contribution in [0.25, 0.3) is 11.4 Å². The van der Waals surface area contributed by atoms with Gasteiger partial charge in [-0.1, -0.05) is 41.6 Å². The summed E-state index contributed by atoms with van der Waals surface area (Å²) in [7, 11) is -3.81. The Balaban J connectivity index is 1.43. The highest BCUT2D eigenvalue weighted by Crippen LogP contribution is 2.26. The fourth-order valence-corrected chi connectivity index (χ4v) is 4.97. The number of nitrogens with zero attached hydrogens (tertiary/aromatic N) is 5. The van der Waals surface area contributed by atoms with E-state index in [0.717, 1.165) is 11.6 Å². The summed E-state index contributed by atoms with van der Waals surface area (Å²) in [6, 6.07) is 14.4. The van der Waals surface area contributed by atoms with Crippen LogP contribution >= 0.6 is 0 Å². The van der Waals surface area contributed by atoms with E-state index >= 15 is 0 Å². The number of benzene rings is 2. The Morgan fingerprint density at radius 3 is 2.45 bits per heavy atom. The van der Waals surface area contributed by atoms with E-state index in [1.165, 1.54) is 22.5 Å². The summed E-state index contributed by atoms with van der Waals surface area (Å²) in [5.41, 5.74) is 0.608. The van der Waals surface area contributed by atoms with Crippen LogP contribution in [-0.2, 0) is 10.0 Å². The van der Waals surface area contributed by atoms with Crippen LogP contribution in [0.15, 0.2) is 64.0 Å². The molecule has 0 spiro atoms. The molecule has 11 heteroatoms. The molecule has 0 amide bonds. The Morgan fingerprint density at radius 1 is 1.06 bits per heavy atom. The molecule has 1 aromatic heterocycles. The van der Waals surface area contributed by atoms with E-state index < -0.39 is 14.9 Å². The molecule has 1 aliphatic rings. The van der Waals surface area contributed by atoms with Crippen molar-refractivity contribution in [3.63, 3.8) is 0 Å². The van der Waals surface area contributed by atoms with E-state index in [4.69, 9.17) is 4.52 Å². The molecule has 0 bridgehead atoms. The van der Waals surface area contributed by atoms with Crippen molar-refractivity contribution >= 4 is 15.7 Å². The van der Waals surface area contributed by atoms with Gasteiger partial charge in [-0.15, -0.1) is 0 Å². The molecular formula is C20H21N5O5S. The van der Waals surface area contributed by atoms with Crippen molar-refractivity contribution in [3.05, 3.63) is 70.6 Å². The second-order valence-electron chi connectivity index (χ2n) is 7.19. The first kappa shape index (κ1) is 21.1. The standard InChI is InChI=1S/C20H21N5O5S/c1-15(20-21-19(22-30-20)16-6-3-2-4-7-16)23-10-12-24(13-11-23)31(28,29)18-9-5-8-17(14-18)25(26)27/h2-9,14-15H,10-13H2,1H3. The number of aromatic nitrogens is 2. The summed E-state index contributed by atoms with van der Waals surface area (Å²) in [6.07, 6.45) is 0. The van der Waals surface area contributed by atoms with Gasteiger partial charge in [-0.25, -0.2) is 8.42 Å². The van der Waals surface area contributed by atoms with Crippen LogP contribution in [0.5, 0.6) is 0 Å². The number of nitro groups is 1. The Bertz CT molecular complexity index is 1170. The van der Waals surface area contributed by atoms with Gasteiger partial charge in [0.15, 0.2) is 0 Å². The first-order valence-electron chi connectivity index (χ1n) is 9.74. The van der Waals surface area contributed by atoms with Gasteiger partial charge in [0.25, 0.3) is 5.69 Å². The molecule has 0 saturated carbocycles. The third kappa shape index (κ3) is 4.33. The highest BCUT2D eigenvalue weighted by Gasteiger charge is 2.32. The number of hydrogen-bond donors (Lipinski definition) is 0. The highest BCUT2D eigenvalue weighted by atomic mass is 32.2. The van der Waals surface area contributed by atoms with Gasteiger partial charge in [0, 0.05) is 43.9 Å². The number of hydrogen-bond acceptors (Lipinski definition) is 8. The first-order chi connectivity index (χ1) is 14.9. The molecule has 1 aliphatic heterocycles. The van der Waals surface area contributed by atoms with Crippen LogP contribution < -0.4 is 0 Å². The smallest absolute Gasteiger partial charge is 0.270 e. The molecule has 1 unspecified atom stereocenters. The van der Waals surface area contributed by atoms with Crippen molar-refractivity contribution in [2.45, 2.75) is 17.9 Å². The number of sulfonamides is 1. The van der Waals surface area contributed by atoms with E-state index in [-0.39, 0.29) is 29.7 Å². The molecule has 162 valence electrons. The number of nitro benzene ring substituents is 1. The molecule has 2 aromatic carbocycles. The zero-order valence-electron chi connectivity index (χ0n) is 16.8. The molecule has 1 atom stereocenters. The van der Waals surface area contributed by atoms with Crippen LogP contribution in [0.3, 0.4) is 0 Å². The summed E-state index contributed by atoms with van der Waals surface area (Å²) in [5.74, 6) is 0.975. The molecule has 10 nitrogen and oxygen atoms in total. The minimum absolute atomic E-state index is 0.0763. The minimum Gasteiger partial charge on any atom is -0.337 e. The lowest BCUT2D eigenvalue weighted by molar-refractivity contribution is -0.385. The van der Waals surface area contributed by atoms with Crippen LogP contribution in [0.1, 0.15) is 18.9 Å². The molecule has 0 radical (unpaired) electrons. The van der Waals surface area contributed by atoms with Crippen LogP contribution in [0, 0.1) is 10.1 Å². The molecule has 0 aliphatic carbocycles. The average molecular weight is 443 g/mol. The third-order valence-corrected chi connectivity index (χ3v) is 7.21. The topological polar surface area (TPSA) is 123 Å². The molecule has 0 N–H and O–H groups in total. The second-order valence-corrected chi connectivity index (χ2v) is 9.13. The summed E-state index contributed by atoms with van der Waals surface area (Å²) in [4.78, 5) is 16.8. The average Bonchev–Trinajstić information content (AvgIpc) is 3.30. The minimum atomic E-state index is -3.81. The van der Waals surface area contributed by atoms with Crippen LogP contribution in [0.4, 0.5) is 5.69 Å². The monoisotopic (exact) mass is 443 g/mol. The summed E-state index contributed by atoms with van der Waals surface area (Å²) in [6.45, 7) is 3.40. The van der Waals surface area contributed by atoms with E-state index in [0.29, 0.717) is 24.8 Å². The van der Waals surface area contributed by atoms with Crippen molar-refractivity contribution in [2.24, 2.45) is 0 Å². The van der Waals surface area contributed by atoms with Crippen molar-refractivity contribution in [1.82, 2.24) is 19.3 Å². The summed E-state index contributed by atoms with van der Waals surface area (Å²) < 4.78 is 32.6. The van der Waals surface area contributed by atoms with Crippen molar-refractivity contribution in [1.29, 1.82) is 0 Å². The number of non-ortho nitro benzene ring substituents is 1. The maximum atomic E-state index is 12.9. The molecular weight excluding hydrogens is 422 g/mol. The summed E-state index contributed by atoms with van der Waals surface area (Å²) >= 11 is 0. The number of rotatable bonds is 6. The molecule has 2 heterocycles. The zero-order valence-corrected chi connectivity index (χ0v) is 17.6. The Morgan fingerprint density at radius 2 is 1.77 bits per heavy atom. The molecule has 4 rings (SSSR count). The van der Waals surface area contributed by atoms with E-state index in [2.05, 4.69) is 15.0 Å². The predicted molar refractivity (Wildman–Crippen MR) is 112 cm³/mol. The van der Waals surface area contributed by atoms with Crippen molar-refractivity contribution in [2.75, 3.05) is 26.2 Å². The SMILES string of the molecule is CC(c1nc(-c2ccccc2)no1)N1CCN(S(=O)(=O)c2cccc([N+](=O)[O-])c2)CC1. The third-order valence-electron chi connectivity index (χ3n) is 5.32. The van der Waals surface area contributed by atoms with Gasteiger partial charge in [0.05, 0.1) is 15.9 Å². The maximum Gasteiger partial charge on any atom is 0.270 e. The molecule has 3 aromatic rings. The van der Waals surface area contributed by atoms with Crippen LogP contribution in [-0.4, -0.2) is 58.9 Å². The Kier molecular flexibility index (Phi) is 5.81. The van der Waals surface area contributed by atoms with Crippen molar-refractivity contribution in [3.8, 4) is 11.4 Å². The fraction of sp³-hybridized carbons (Fsp3) is 0.300. The van der Waals surface area contributed by atoms with Gasteiger partial charge < -0.3 is 4.52 Å². The highest BCUT2D eigenvalue weighted by molar-refractivity contribution is 7.89. The fourth-order valence-electron chi connectivity index (χ4n) is 3.50. The largest absolute Gasteiger partial charge is 0.337 e.